The molecule has 0 aliphatic carbocycles. The molecule has 0 unspecified atom stereocenters. The van der Waals surface area contributed by atoms with Gasteiger partial charge < -0.3 is 4.74 Å². The monoisotopic (exact) mass is 204 g/mol. The molecule has 1 heteroatoms. The lowest BCUT2D eigenvalue weighted by Gasteiger charge is -2.08. The Morgan fingerprint density at radius 2 is 1.87 bits per heavy atom. The van der Waals surface area contributed by atoms with Crippen LogP contribution in [-0.4, -0.2) is 7.11 Å². The molecule has 0 heterocycles. The second-order valence-corrected chi connectivity index (χ2v) is 4.26. The van der Waals surface area contributed by atoms with Crippen molar-refractivity contribution in [1.82, 2.24) is 0 Å². The highest BCUT2D eigenvalue weighted by molar-refractivity contribution is 5.63. The van der Waals surface area contributed by atoms with Gasteiger partial charge in [0.1, 0.15) is 5.75 Å². The van der Waals surface area contributed by atoms with Gasteiger partial charge in [0.2, 0.25) is 0 Å². The van der Waals surface area contributed by atoms with E-state index in [9.17, 15) is 0 Å². The summed E-state index contributed by atoms with van der Waals surface area (Å²) in [6.45, 7) is 8.59. The second kappa shape index (κ2) is 5.59. The van der Waals surface area contributed by atoms with Crippen LogP contribution in [0.1, 0.15) is 32.3 Å². The van der Waals surface area contributed by atoms with Crippen LogP contribution in [0.2, 0.25) is 0 Å². The molecule has 15 heavy (non-hydrogen) atoms. The molecule has 0 aromatic heterocycles. The molecule has 0 fully saturated rings. The van der Waals surface area contributed by atoms with Gasteiger partial charge in [-0.2, -0.15) is 0 Å². The average molecular weight is 204 g/mol. The van der Waals surface area contributed by atoms with Crippen LogP contribution in [0.4, 0.5) is 0 Å². The minimum absolute atomic E-state index is 0.736. The molecule has 0 saturated heterocycles. The first-order chi connectivity index (χ1) is 7.13. The fourth-order valence-electron chi connectivity index (χ4n) is 1.43. The first kappa shape index (κ1) is 11.8. The summed E-state index contributed by atoms with van der Waals surface area (Å²) in [6, 6.07) is 8.11. The Kier molecular flexibility index (Phi) is 4.41. The van der Waals surface area contributed by atoms with Gasteiger partial charge in [0, 0.05) is 0 Å². The zero-order chi connectivity index (χ0) is 11.3. The Balaban J connectivity index is 2.58. The van der Waals surface area contributed by atoms with E-state index in [4.69, 9.17) is 4.74 Å². The zero-order valence-electron chi connectivity index (χ0n) is 9.92. The molecule has 0 amide bonds. The van der Waals surface area contributed by atoms with Crippen molar-refractivity contribution in [3.05, 3.63) is 36.4 Å². The molecule has 1 rings (SSSR count). The fraction of sp³-hybridized carbons (Fsp3) is 0.429. The van der Waals surface area contributed by atoms with Crippen LogP contribution in [0, 0.1) is 5.92 Å². The predicted octanol–water partition coefficient (Wildman–Crippen LogP) is 4.14. The maximum Gasteiger partial charge on any atom is 0.118 e. The van der Waals surface area contributed by atoms with Gasteiger partial charge in [-0.25, -0.2) is 0 Å². The van der Waals surface area contributed by atoms with Gasteiger partial charge in [-0.05, 0) is 42.0 Å². The van der Waals surface area contributed by atoms with Crippen LogP contribution in [0.5, 0.6) is 5.75 Å². The average Bonchev–Trinajstić information content (AvgIpc) is 2.26. The van der Waals surface area contributed by atoms with Gasteiger partial charge in [-0.1, -0.05) is 32.6 Å². The molecular formula is C14H20O. The minimum Gasteiger partial charge on any atom is -0.497 e. The summed E-state index contributed by atoms with van der Waals surface area (Å²) in [5, 5.41) is 0. The summed E-state index contributed by atoms with van der Waals surface area (Å²) in [6.07, 6.45) is 2.27. The number of hydrogen-bond donors (Lipinski definition) is 0. The Morgan fingerprint density at radius 1 is 1.27 bits per heavy atom. The van der Waals surface area contributed by atoms with E-state index in [1.807, 2.05) is 12.1 Å². The van der Waals surface area contributed by atoms with E-state index in [1.165, 1.54) is 17.6 Å². The zero-order valence-corrected chi connectivity index (χ0v) is 9.92. The first-order valence-electron chi connectivity index (χ1n) is 5.45. The van der Waals surface area contributed by atoms with Crippen LogP contribution < -0.4 is 4.74 Å². The molecule has 0 aliphatic heterocycles. The van der Waals surface area contributed by atoms with E-state index in [2.05, 4.69) is 32.6 Å². The number of allylic oxidation sites excluding steroid dienone is 1. The van der Waals surface area contributed by atoms with E-state index in [-0.39, 0.29) is 0 Å². The largest absolute Gasteiger partial charge is 0.497 e. The predicted molar refractivity (Wildman–Crippen MR) is 66.1 cm³/mol. The van der Waals surface area contributed by atoms with Gasteiger partial charge >= 0.3 is 0 Å². The van der Waals surface area contributed by atoms with E-state index < -0.39 is 0 Å². The van der Waals surface area contributed by atoms with Gasteiger partial charge in [-0.15, -0.1) is 0 Å². The number of benzene rings is 1. The van der Waals surface area contributed by atoms with Crippen molar-refractivity contribution >= 4 is 5.57 Å². The number of methoxy groups -OCH3 is 1. The highest BCUT2D eigenvalue weighted by Crippen LogP contribution is 2.22. The molecule has 1 nitrogen and oxygen atoms in total. The molecule has 0 saturated carbocycles. The van der Waals surface area contributed by atoms with Crippen molar-refractivity contribution in [2.45, 2.75) is 26.7 Å². The van der Waals surface area contributed by atoms with Crippen LogP contribution in [-0.2, 0) is 0 Å². The van der Waals surface area contributed by atoms with E-state index in [0.717, 1.165) is 18.1 Å². The van der Waals surface area contributed by atoms with Crippen LogP contribution in [0.25, 0.3) is 5.57 Å². The lowest BCUT2D eigenvalue weighted by Crippen LogP contribution is -1.90. The molecule has 0 spiro atoms. The smallest absolute Gasteiger partial charge is 0.118 e. The summed E-state index contributed by atoms with van der Waals surface area (Å²) < 4.78 is 5.12. The second-order valence-electron chi connectivity index (χ2n) is 4.26. The number of hydrogen-bond acceptors (Lipinski definition) is 1. The van der Waals surface area contributed by atoms with Crippen LogP contribution in [0.3, 0.4) is 0 Å². The maximum atomic E-state index is 5.12. The standard InChI is InChI=1S/C14H20O/c1-11(2)5-6-12(3)13-7-9-14(15-4)10-8-13/h7-11H,3,5-6H2,1-2,4H3. The van der Waals surface area contributed by atoms with E-state index >= 15 is 0 Å². The molecule has 82 valence electrons. The normalized spacial score (nSPS) is 10.4. The Hall–Kier alpha value is -1.24. The van der Waals surface area contributed by atoms with Crippen molar-refractivity contribution in [3.8, 4) is 5.75 Å². The SMILES string of the molecule is C=C(CCC(C)C)c1ccc(OC)cc1. The molecule has 0 N–H and O–H groups in total. The number of rotatable bonds is 5. The van der Waals surface area contributed by atoms with Crippen molar-refractivity contribution in [1.29, 1.82) is 0 Å². The molecular weight excluding hydrogens is 184 g/mol. The maximum absolute atomic E-state index is 5.12. The molecule has 1 aromatic rings. The van der Waals surface area contributed by atoms with Crippen molar-refractivity contribution in [3.63, 3.8) is 0 Å². The summed E-state index contributed by atoms with van der Waals surface area (Å²) in [4.78, 5) is 0. The Morgan fingerprint density at radius 3 is 2.33 bits per heavy atom. The molecule has 0 radical (unpaired) electrons. The third-order valence-corrected chi connectivity index (χ3v) is 2.52. The minimum atomic E-state index is 0.736. The van der Waals surface area contributed by atoms with Crippen LogP contribution in [0.15, 0.2) is 30.8 Å². The quantitative estimate of drug-likeness (QED) is 0.700. The molecule has 0 bridgehead atoms. The summed E-state index contributed by atoms with van der Waals surface area (Å²) >= 11 is 0. The van der Waals surface area contributed by atoms with E-state index in [1.54, 1.807) is 7.11 Å². The fourth-order valence-corrected chi connectivity index (χ4v) is 1.43. The van der Waals surface area contributed by atoms with Gasteiger partial charge in [0.25, 0.3) is 0 Å². The molecule has 1 aromatic carbocycles. The Labute approximate surface area is 92.8 Å². The summed E-state index contributed by atoms with van der Waals surface area (Å²) in [5.74, 6) is 1.63. The topological polar surface area (TPSA) is 9.23 Å². The van der Waals surface area contributed by atoms with E-state index in [0.29, 0.717) is 0 Å². The lowest BCUT2D eigenvalue weighted by atomic mass is 9.98. The first-order valence-corrected chi connectivity index (χ1v) is 5.45. The lowest BCUT2D eigenvalue weighted by molar-refractivity contribution is 0.415. The van der Waals surface area contributed by atoms with Gasteiger partial charge in [0.15, 0.2) is 0 Å². The van der Waals surface area contributed by atoms with Crippen LogP contribution >= 0.6 is 0 Å². The highest BCUT2D eigenvalue weighted by Gasteiger charge is 2.01. The van der Waals surface area contributed by atoms with Crippen molar-refractivity contribution in [2.75, 3.05) is 7.11 Å². The molecule has 0 aliphatic rings. The van der Waals surface area contributed by atoms with Gasteiger partial charge in [0.05, 0.1) is 7.11 Å². The van der Waals surface area contributed by atoms with Crippen molar-refractivity contribution < 1.29 is 4.74 Å². The number of ether oxygens (including phenoxy) is 1. The Bertz CT molecular complexity index is 309. The highest BCUT2D eigenvalue weighted by atomic mass is 16.5. The third-order valence-electron chi connectivity index (χ3n) is 2.52. The third kappa shape index (κ3) is 3.78. The van der Waals surface area contributed by atoms with Gasteiger partial charge in [-0.3, -0.25) is 0 Å². The summed E-state index contributed by atoms with van der Waals surface area (Å²) in [5.41, 5.74) is 2.43. The summed E-state index contributed by atoms with van der Waals surface area (Å²) in [7, 11) is 1.68. The molecule has 0 atom stereocenters. The van der Waals surface area contributed by atoms with Crippen molar-refractivity contribution in [2.24, 2.45) is 5.92 Å².